The zero-order valence-corrected chi connectivity index (χ0v) is 12.5. The van der Waals surface area contributed by atoms with Crippen molar-refractivity contribution < 1.29 is 8.42 Å². The largest absolute Gasteiger partial charge is 0.330 e. The number of hydrogen-bond acceptors (Lipinski definition) is 5. The molecular weight excluding hydrogens is 298 g/mol. The summed E-state index contributed by atoms with van der Waals surface area (Å²) in [5.41, 5.74) is 8.25. The van der Waals surface area contributed by atoms with Gasteiger partial charge in [0.2, 0.25) is 15.0 Å². The van der Waals surface area contributed by atoms with Gasteiger partial charge in [0.25, 0.3) is 0 Å². The summed E-state index contributed by atoms with van der Waals surface area (Å²) in [6.45, 7) is 0. The van der Waals surface area contributed by atoms with Crippen molar-refractivity contribution in [2.75, 3.05) is 16.9 Å². The molecule has 5 nitrogen and oxygen atoms in total. The zero-order chi connectivity index (χ0) is 14.4. The summed E-state index contributed by atoms with van der Waals surface area (Å²) in [7, 11) is -3.52. The molecule has 0 amide bonds. The number of amidine groups is 1. The molecule has 1 aromatic rings. The first kappa shape index (κ1) is 13.9. The third kappa shape index (κ3) is 2.12. The van der Waals surface area contributed by atoms with Crippen LogP contribution >= 0.6 is 11.6 Å². The topological polar surface area (TPSA) is 84.5 Å². The molecule has 0 aromatic heterocycles. The van der Waals surface area contributed by atoms with E-state index in [-0.39, 0.29) is 16.8 Å². The first-order valence-electron chi connectivity index (χ1n) is 6.53. The highest BCUT2D eigenvalue weighted by molar-refractivity contribution is 8.06. The van der Waals surface area contributed by atoms with E-state index in [4.69, 9.17) is 17.3 Å². The molecule has 7 heteroatoms. The standard InChI is InChI=1S/C13H16ClN3O2S/c14-7-8-20(18,19)12-16-10-5-1-3-9-4-2-6-13(15,17-12)11(9)10/h1,3,5H,2,4,6-8,15H2,(H,16,17). The summed E-state index contributed by atoms with van der Waals surface area (Å²) < 4.78 is 24.3. The lowest BCUT2D eigenvalue weighted by atomic mass is 9.81. The average Bonchev–Trinajstić information content (AvgIpc) is 2.38. The Morgan fingerprint density at radius 3 is 3.00 bits per heavy atom. The molecule has 1 aliphatic heterocycles. The van der Waals surface area contributed by atoms with Crippen LogP contribution in [0.5, 0.6) is 0 Å². The van der Waals surface area contributed by atoms with E-state index in [9.17, 15) is 8.42 Å². The number of benzene rings is 1. The summed E-state index contributed by atoms with van der Waals surface area (Å²) in [4.78, 5) is 4.31. The molecule has 108 valence electrons. The molecule has 1 atom stereocenters. The van der Waals surface area contributed by atoms with Gasteiger partial charge in [0.1, 0.15) is 5.66 Å². The fourth-order valence-corrected chi connectivity index (χ4v) is 4.45. The Balaban J connectivity index is 2.14. The second kappa shape index (κ2) is 4.72. The van der Waals surface area contributed by atoms with Gasteiger partial charge in [-0.1, -0.05) is 12.1 Å². The predicted molar refractivity (Wildman–Crippen MR) is 80.8 cm³/mol. The van der Waals surface area contributed by atoms with Crippen LogP contribution in [0.2, 0.25) is 0 Å². The van der Waals surface area contributed by atoms with Crippen molar-refractivity contribution >= 4 is 32.3 Å². The molecule has 1 aromatic carbocycles. The maximum atomic E-state index is 12.2. The Bertz CT molecular complexity index is 687. The van der Waals surface area contributed by atoms with Crippen molar-refractivity contribution in [2.24, 2.45) is 10.7 Å². The minimum atomic E-state index is -3.52. The number of anilines is 1. The van der Waals surface area contributed by atoms with Crippen molar-refractivity contribution in [1.29, 1.82) is 0 Å². The van der Waals surface area contributed by atoms with Crippen LogP contribution in [0.4, 0.5) is 5.69 Å². The second-order valence-electron chi connectivity index (χ2n) is 5.17. The number of nitrogens with zero attached hydrogens (tertiary/aromatic N) is 1. The van der Waals surface area contributed by atoms with Crippen LogP contribution in [-0.2, 0) is 21.9 Å². The van der Waals surface area contributed by atoms with Gasteiger partial charge in [-0.15, -0.1) is 11.6 Å². The summed E-state index contributed by atoms with van der Waals surface area (Å²) in [5.74, 6) is -0.112. The van der Waals surface area contributed by atoms with E-state index in [0.717, 1.165) is 29.7 Å². The Hall–Kier alpha value is -1.11. The number of hydrogen-bond donors (Lipinski definition) is 2. The number of aryl methyl sites for hydroxylation is 1. The Morgan fingerprint density at radius 2 is 2.25 bits per heavy atom. The number of nitrogens with one attached hydrogen (secondary N) is 1. The molecule has 1 unspecified atom stereocenters. The van der Waals surface area contributed by atoms with Crippen LogP contribution in [0, 0.1) is 0 Å². The van der Waals surface area contributed by atoms with Crippen LogP contribution in [0.25, 0.3) is 0 Å². The Kier molecular flexibility index (Phi) is 3.27. The zero-order valence-electron chi connectivity index (χ0n) is 10.9. The van der Waals surface area contributed by atoms with Gasteiger partial charge in [0.15, 0.2) is 0 Å². The summed E-state index contributed by atoms with van der Waals surface area (Å²) in [6.07, 6.45) is 2.50. The smallest absolute Gasteiger partial charge is 0.223 e. The van der Waals surface area contributed by atoms with E-state index in [1.54, 1.807) is 0 Å². The van der Waals surface area contributed by atoms with Gasteiger partial charge in [-0.2, -0.15) is 0 Å². The van der Waals surface area contributed by atoms with Gasteiger partial charge in [-0.05, 0) is 30.9 Å². The summed E-state index contributed by atoms with van der Waals surface area (Å²) >= 11 is 5.55. The van der Waals surface area contributed by atoms with Gasteiger partial charge in [0, 0.05) is 17.1 Å². The molecule has 20 heavy (non-hydrogen) atoms. The maximum absolute atomic E-state index is 12.2. The van der Waals surface area contributed by atoms with Crippen LogP contribution in [0.15, 0.2) is 23.2 Å². The van der Waals surface area contributed by atoms with Gasteiger partial charge in [0.05, 0.1) is 5.75 Å². The number of rotatable bonds is 2. The quantitative estimate of drug-likeness (QED) is 0.812. The minimum absolute atomic E-state index is 0.0352. The van der Waals surface area contributed by atoms with Gasteiger partial charge >= 0.3 is 0 Å². The van der Waals surface area contributed by atoms with Crippen molar-refractivity contribution in [2.45, 2.75) is 24.9 Å². The van der Waals surface area contributed by atoms with Crippen LogP contribution in [0.1, 0.15) is 24.0 Å². The summed E-state index contributed by atoms with van der Waals surface area (Å²) in [6, 6.07) is 5.77. The number of aliphatic imine (C=N–C) groups is 1. The molecular formula is C13H16ClN3O2S. The molecule has 3 rings (SSSR count). The normalized spacial score (nSPS) is 24.6. The number of halogens is 1. The van der Waals surface area contributed by atoms with Crippen LogP contribution < -0.4 is 11.1 Å². The average molecular weight is 314 g/mol. The lowest BCUT2D eigenvalue weighted by molar-refractivity contribution is 0.389. The highest BCUT2D eigenvalue weighted by Crippen LogP contribution is 2.41. The lowest BCUT2D eigenvalue weighted by Crippen LogP contribution is -2.45. The van der Waals surface area contributed by atoms with E-state index in [0.29, 0.717) is 6.42 Å². The SMILES string of the molecule is NC12CCCc3cccc(c31)NC(S(=O)(=O)CCCl)=N2. The maximum Gasteiger partial charge on any atom is 0.223 e. The van der Waals surface area contributed by atoms with Gasteiger partial charge < -0.3 is 11.1 Å². The van der Waals surface area contributed by atoms with Gasteiger partial charge in [-0.25, -0.2) is 13.4 Å². The number of sulfone groups is 1. The van der Waals surface area contributed by atoms with E-state index < -0.39 is 15.5 Å². The predicted octanol–water partition coefficient (Wildman–Crippen LogP) is 1.57. The fourth-order valence-electron chi connectivity index (χ4n) is 2.88. The molecule has 0 saturated heterocycles. The molecule has 3 N–H and O–H groups in total. The lowest BCUT2D eigenvalue weighted by Gasteiger charge is -2.38. The van der Waals surface area contributed by atoms with Crippen molar-refractivity contribution in [1.82, 2.24) is 0 Å². The van der Waals surface area contributed by atoms with E-state index in [2.05, 4.69) is 10.3 Å². The Labute approximate surface area is 123 Å². The molecule has 0 spiro atoms. The first-order valence-corrected chi connectivity index (χ1v) is 8.72. The van der Waals surface area contributed by atoms with Crippen molar-refractivity contribution in [3.63, 3.8) is 0 Å². The van der Waals surface area contributed by atoms with Crippen molar-refractivity contribution in [3.8, 4) is 0 Å². The van der Waals surface area contributed by atoms with E-state index in [1.807, 2.05) is 18.2 Å². The fraction of sp³-hybridized carbons (Fsp3) is 0.462. The monoisotopic (exact) mass is 313 g/mol. The highest BCUT2D eigenvalue weighted by atomic mass is 35.5. The molecule has 0 saturated carbocycles. The minimum Gasteiger partial charge on any atom is -0.330 e. The van der Waals surface area contributed by atoms with E-state index >= 15 is 0 Å². The molecule has 2 aliphatic rings. The van der Waals surface area contributed by atoms with Gasteiger partial charge in [-0.3, -0.25) is 0 Å². The molecule has 1 aliphatic carbocycles. The number of nitrogens with two attached hydrogens (primary N) is 1. The van der Waals surface area contributed by atoms with E-state index in [1.165, 1.54) is 0 Å². The first-order chi connectivity index (χ1) is 9.46. The molecule has 0 fully saturated rings. The molecule has 1 heterocycles. The number of alkyl halides is 1. The van der Waals surface area contributed by atoms with Crippen LogP contribution in [0.3, 0.4) is 0 Å². The third-order valence-corrected chi connectivity index (χ3v) is 5.71. The third-order valence-electron chi connectivity index (χ3n) is 3.77. The van der Waals surface area contributed by atoms with Crippen LogP contribution in [-0.4, -0.2) is 25.2 Å². The molecule has 0 radical (unpaired) electrons. The van der Waals surface area contributed by atoms with Crippen molar-refractivity contribution in [3.05, 3.63) is 29.3 Å². The summed E-state index contributed by atoms with van der Waals surface area (Å²) in [5, 5.41) is 2.85. The highest BCUT2D eigenvalue weighted by Gasteiger charge is 2.40. The Morgan fingerprint density at radius 1 is 1.45 bits per heavy atom. The second-order valence-corrected chi connectivity index (χ2v) is 7.57. The molecule has 0 bridgehead atoms.